The molecule has 3 atom stereocenters. The van der Waals surface area contributed by atoms with E-state index < -0.39 is 18.2 Å². The first-order valence-electron chi connectivity index (χ1n) is 28.4. The van der Waals surface area contributed by atoms with Crippen LogP contribution in [-0.4, -0.2) is 46.9 Å². The molecule has 0 rings (SSSR count). The van der Waals surface area contributed by atoms with Crippen LogP contribution in [0.15, 0.2) is 12.2 Å². The topological polar surface area (TPSA) is 95.9 Å². The molecule has 0 bridgehead atoms. The number of amides is 1. The Morgan fingerprint density at radius 2 is 0.762 bits per heavy atom. The maximum Gasteiger partial charge on any atom is 0.306 e. The van der Waals surface area contributed by atoms with Crippen molar-refractivity contribution in [2.45, 2.75) is 334 Å². The number of rotatable bonds is 52. The van der Waals surface area contributed by atoms with Gasteiger partial charge in [-0.2, -0.15) is 0 Å². The van der Waals surface area contributed by atoms with Crippen molar-refractivity contribution in [1.29, 1.82) is 0 Å². The Kier molecular flexibility index (Phi) is 50.4. The maximum absolute atomic E-state index is 13.2. The molecule has 63 heavy (non-hydrogen) atoms. The first-order valence-corrected chi connectivity index (χ1v) is 28.4. The highest BCUT2D eigenvalue weighted by Gasteiger charge is 2.24. The van der Waals surface area contributed by atoms with Crippen LogP contribution in [0.25, 0.3) is 0 Å². The van der Waals surface area contributed by atoms with Crippen LogP contribution in [0.2, 0.25) is 0 Å². The van der Waals surface area contributed by atoms with E-state index in [-0.39, 0.29) is 24.9 Å². The van der Waals surface area contributed by atoms with Crippen LogP contribution in [0.5, 0.6) is 0 Å². The highest BCUT2D eigenvalue weighted by atomic mass is 16.5. The van der Waals surface area contributed by atoms with Gasteiger partial charge in [-0.15, -0.1) is 0 Å². The van der Waals surface area contributed by atoms with Crippen LogP contribution >= 0.6 is 0 Å². The van der Waals surface area contributed by atoms with E-state index in [0.717, 1.165) is 51.4 Å². The van der Waals surface area contributed by atoms with E-state index in [1.165, 1.54) is 218 Å². The fourth-order valence-electron chi connectivity index (χ4n) is 9.02. The standard InChI is InChI=1S/C57H111NO5/c1-4-7-10-13-16-19-22-24-26-27-28-30-32-35-38-41-44-47-50-57(62)63-53(48-45-42-39-36-34-31-29-25-23-20-17-14-11-8-5-2)51-56(61)58-54(52-59)55(60)49-46-43-40-37-33-21-18-15-12-9-6-3/h28,30,53-55,59-60H,4-27,29,31-52H2,1-3H3,(H,58,61)/b30-28+. The van der Waals surface area contributed by atoms with Crippen molar-refractivity contribution in [3.63, 3.8) is 0 Å². The molecule has 0 heterocycles. The van der Waals surface area contributed by atoms with Gasteiger partial charge in [-0.3, -0.25) is 9.59 Å². The largest absolute Gasteiger partial charge is 0.462 e. The Morgan fingerprint density at radius 1 is 0.444 bits per heavy atom. The maximum atomic E-state index is 13.2. The first kappa shape index (κ1) is 61.6. The fourth-order valence-corrected chi connectivity index (χ4v) is 9.02. The molecule has 374 valence electrons. The van der Waals surface area contributed by atoms with Gasteiger partial charge in [-0.1, -0.05) is 264 Å². The Bertz CT molecular complexity index is 955. The third-order valence-electron chi connectivity index (χ3n) is 13.3. The Balaban J connectivity index is 4.51. The number of allylic oxidation sites excluding steroid dienone is 2. The van der Waals surface area contributed by atoms with E-state index >= 15 is 0 Å². The molecule has 3 N–H and O–H groups in total. The van der Waals surface area contributed by atoms with Gasteiger partial charge in [0, 0.05) is 6.42 Å². The van der Waals surface area contributed by atoms with Crippen LogP contribution in [0, 0.1) is 0 Å². The zero-order chi connectivity index (χ0) is 45.9. The summed E-state index contributed by atoms with van der Waals surface area (Å²) in [5.74, 6) is -0.462. The van der Waals surface area contributed by atoms with E-state index in [0.29, 0.717) is 19.3 Å². The zero-order valence-electron chi connectivity index (χ0n) is 42.7. The molecule has 0 spiro atoms. The minimum Gasteiger partial charge on any atom is -0.462 e. The van der Waals surface area contributed by atoms with Gasteiger partial charge in [-0.05, 0) is 51.4 Å². The van der Waals surface area contributed by atoms with Crippen LogP contribution in [0.3, 0.4) is 0 Å². The van der Waals surface area contributed by atoms with Crippen LogP contribution in [-0.2, 0) is 14.3 Å². The van der Waals surface area contributed by atoms with Crippen molar-refractivity contribution < 1.29 is 24.5 Å². The number of esters is 1. The monoisotopic (exact) mass is 890 g/mol. The van der Waals surface area contributed by atoms with Gasteiger partial charge in [0.2, 0.25) is 5.91 Å². The van der Waals surface area contributed by atoms with Crippen molar-refractivity contribution in [3.05, 3.63) is 12.2 Å². The Labute approximate surface area is 393 Å². The smallest absolute Gasteiger partial charge is 0.306 e. The highest BCUT2D eigenvalue weighted by Crippen LogP contribution is 2.19. The molecule has 0 aromatic rings. The van der Waals surface area contributed by atoms with E-state index in [9.17, 15) is 19.8 Å². The number of ether oxygens (including phenoxy) is 1. The van der Waals surface area contributed by atoms with Crippen LogP contribution in [0.4, 0.5) is 0 Å². The summed E-state index contributed by atoms with van der Waals surface area (Å²) in [6.07, 6.45) is 58.5. The number of unbranched alkanes of at least 4 members (excludes halogenated alkanes) is 38. The summed E-state index contributed by atoms with van der Waals surface area (Å²) in [6.45, 7) is 6.51. The SMILES string of the molecule is CCCCCCCCCCC/C=C/CCCCCCCC(=O)OC(CCCCCCCCCCCCCCCCC)CC(=O)NC(CO)C(O)CCCCCCCCCCCCC. The molecule has 3 unspecified atom stereocenters. The zero-order valence-corrected chi connectivity index (χ0v) is 42.7. The van der Waals surface area contributed by atoms with Gasteiger partial charge in [0.25, 0.3) is 0 Å². The summed E-state index contributed by atoms with van der Waals surface area (Å²) >= 11 is 0. The number of carbonyl (C=O) groups excluding carboxylic acids is 2. The molecule has 0 aliphatic heterocycles. The van der Waals surface area contributed by atoms with E-state index in [1.54, 1.807) is 0 Å². The fraction of sp³-hybridized carbons (Fsp3) is 0.930. The summed E-state index contributed by atoms with van der Waals surface area (Å²) < 4.78 is 5.96. The second kappa shape index (κ2) is 51.6. The van der Waals surface area contributed by atoms with Gasteiger partial charge < -0.3 is 20.3 Å². The number of aliphatic hydroxyl groups excluding tert-OH is 2. The predicted molar refractivity (Wildman–Crippen MR) is 273 cm³/mol. The summed E-state index contributed by atoms with van der Waals surface area (Å²) in [6, 6.07) is -0.696. The van der Waals surface area contributed by atoms with Crippen LogP contribution in [0.1, 0.15) is 316 Å². The van der Waals surface area contributed by atoms with Gasteiger partial charge in [-0.25, -0.2) is 0 Å². The minimum atomic E-state index is -0.783. The van der Waals surface area contributed by atoms with Crippen molar-refractivity contribution in [1.82, 2.24) is 5.32 Å². The second-order valence-corrected chi connectivity index (χ2v) is 19.7. The lowest BCUT2D eigenvalue weighted by Crippen LogP contribution is -2.46. The summed E-state index contributed by atoms with van der Waals surface area (Å²) in [4.78, 5) is 26.2. The number of carbonyl (C=O) groups is 2. The molecular weight excluding hydrogens is 779 g/mol. The van der Waals surface area contributed by atoms with E-state index in [1.807, 2.05) is 0 Å². The normalized spacial score (nSPS) is 13.2. The van der Waals surface area contributed by atoms with Gasteiger partial charge in [0.05, 0.1) is 25.2 Å². The molecule has 0 aliphatic carbocycles. The predicted octanol–water partition coefficient (Wildman–Crippen LogP) is 17.3. The average Bonchev–Trinajstić information content (AvgIpc) is 3.28. The molecule has 0 aromatic carbocycles. The third-order valence-corrected chi connectivity index (χ3v) is 13.3. The second-order valence-electron chi connectivity index (χ2n) is 19.7. The number of nitrogens with one attached hydrogen (secondary N) is 1. The van der Waals surface area contributed by atoms with Gasteiger partial charge in [0.15, 0.2) is 0 Å². The Morgan fingerprint density at radius 3 is 1.13 bits per heavy atom. The molecule has 6 nitrogen and oxygen atoms in total. The minimum absolute atomic E-state index is 0.0820. The highest BCUT2D eigenvalue weighted by molar-refractivity contribution is 5.77. The number of hydrogen-bond acceptors (Lipinski definition) is 5. The molecule has 0 saturated carbocycles. The third kappa shape index (κ3) is 46.9. The van der Waals surface area contributed by atoms with Gasteiger partial charge in [0.1, 0.15) is 6.10 Å². The molecule has 0 aromatic heterocycles. The first-order chi connectivity index (χ1) is 31.0. The lowest BCUT2D eigenvalue weighted by atomic mass is 10.0. The average molecular weight is 891 g/mol. The molecule has 0 fully saturated rings. The van der Waals surface area contributed by atoms with E-state index in [4.69, 9.17) is 4.74 Å². The number of aliphatic hydroxyl groups is 2. The summed E-state index contributed by atoms with van der Waals surface area (Å²) in [5.41, 5.74) is 0. The lowest BCUT2D eigenvalue weighted by molar-refractivity contribution is -0.151. The van der Waals surface area contributed by atoms with Crippen molar-refractivity contribution in [2.24, 2.45) is 0 Å². The molecule has 6 heteroatoms. The van der Waals surface area contributed by atoms with Crippen molar-refractivity contribution in [3.8, 4) is 0 Å². The Hall–Kier alpha value is -1.40. The van der Waals surface area contributed by atoms with Crippen molar-refractivity contribution in [2.75, 3.05) is 6.61 Å². The van der Waals surface area contributed by atoms with E-state index in [2.05, 4.69) is 38.2 Å². The molecule has 1 amide bonds. The van der Waals surface area contributed by atoms with Crippen LogP contribution < -0.4 is 5.32 Å². The summed E-state index contributed by atoms with van der Waals surface area (Å²) in [5, 5.41) is 23.8. The number of hydrogen-bond donors (Lipinski definition) is 3. The lowest BCUT2D eigenvalue weighted by Gasteiger charge is -2.24. The van der Waals surface area contributed by atoms with Crippen molar-refractivity contribution >= 4 is 11.9 Å². The quantitative estimate of drug-likeness (QED) is 0.0321. The molecule has 0 saturated heterocycles. The summed E-state index contributed by atoms with van der Waals surface area (Å²) in [7, 11) is 0. The van der Waals surface area contributed by atoms with Gasteiger partial charge >= 0.3 is 5.97 Å². The molecule has 0 aliphatic rings. The molecular formula is C57H111NO5. The molecule has 0 radical (unpaired) electrons.